The first-order chi connectivity index (χ1) is 23.4. The minimum Gasteiger partial charge on any atom is -0.359 e. The molecule has 3 aromatic rings. The molecule has 3 aliphatic rings. The Balaban J connectivity index is 0.962. The molecule has 12 nitrogen and oxygen atoms in total. The molecular formula is C36H48N8O4. The number of rotatable bonds is 11. The molecule has 12 heteroatoms. The fraction of sp³-hybridized carbons (Fsp3) is 0.556. The van der Waals surface area contributed by atoms with Gasteiger partial charge in [0.05, 0.1) is 23.4 Å². The highest BCUT2D eigenvalue weighted by atomic mass is 16.2. The van der Waals surface area contributed by atoms with Crippen molar-refractivity contribution in [3.63, 3.8) is 0 Å². The summed E-state index contributed by atoms with van der Waals surface area (Å²) in [6, 6.07) is 12.2. The molecule has 4 heterocycles. The first-order valence-corrected chi connectivity index (χ1v) is 17.6. The number of fused-ring (bicyclic) bond motifs is 1. The molecular weight excluding hydrogens is 608 g/mol. The van der Waals surface area contributed by atoms with E-state index in [-0.39, 0.29) is 42.1 Å². The largest absolute Gasteiger partial charge is 0.359 e. The number of amides is 4. The van der Waals surface area contributed by atoms with Gasteiger partial charge in [-0.3, -0.25) is 24.1 Å². The van der Waals surface area contributed by atoms with Crippen LogP contribution in [0.25, 0.3) is 10.9 Å². The monoisotopic (exact) mass is 656 g/mol. The van der Waals surface area contributed by atoms with Gasteiger partial charge in [-0.2, -0.15) is 5.10 Å². The van der Waals surface area contributed by atoms with Crippen molar-refractivity contribution >= 4 is 40.7 Å². The molecule has 1 saturated carbocycles. The predicted octanol–water partition coefficient (Wildman–Crippen LogP) is 3.64. The third-order valence-electron chi connectivity index (χ3n) is 10.5. The Morgan fingerprint density at radius 1 is 0.917 bits per heavy atom. The molecule has 1 aromatic carbocycles. The van der Waals surface area contributed by atoms with Crippen molar-refractivity contribution in [2.24, 2.45) is 0 Å². The lowest BCUT2D eigenvalue weighted by molar-refractivity contribution is -0.134. The molecule has 0 bridgehead atoms. The van der Waals surface area contributed by atoms with E-state index in [2.05, 4.69) is 42.6 Å². The van der Waals surface area contributed by atoms with Crippen LogP contribution < -0.4 is 15.5 Å². The highest BCUT2D eigenvalue weighted by molar-refractivity contribution is 5.98. The SMILES string of the molecule is CNC(=O)CCN(C=O)c1cccc2c1ccn2C1CCN(C(=O)CN2CCC(c3ccc(C(=O)NC4CCCCC4)nn3)CC2)CC1. The van der Waals surface area contributed by atoms with Gasteiger partial charge in [-0.25, -0.2) is 0 Å². The molecule has 1 aliphatic carbocycles. The summed E-state index contributed by atoms with van der Waals surface area (Å²) in [6.45, 7) is 3.82. The third-order valence-corrected chi connectivity index (χ3v) is 10.5. The lowest BCUT2D eigenvalue weighted by Crippen LogP contribution is -2.46. The minimum atomic E-state index is -0.133. The van der Waals surface area contributed by atoms with Crippen LogP contribution >= 0.6 is 0 Å². The van der Waals surface area contributed by atoms with Crippen molar-refractivity contribution in [2.45, 2.75) is 82.2 Å². The van der Waals surface area contributed by atoms with Crippen LogP contribution in [0.3, 0.4) is 0 Å². The Bertz CT molecular complexity index is 1570. The van der Waals surface area contributed by atoms with Gasteiger partial charge in [0.2, 0.25) is 18.2 Å². The van der Waals surface area contributed by atoms with Crippen LogP contribution in [0.2, 0.25) is 0 Å². The normalized spacial score (nSPS) is 18.5. The highest BCUT2D eigenvalue weighted by Crippen LogP contribution is 2.33. The molecule has 2 N–H and O–H groups in total. The lowest BCUT2D eigenvalue weighted by atomic mass is 9.93. The van der Waals surface area contributed by atoms with Gasteiger partial charge in [0, 0.05) is 62.7 Å². The Morgan fingerprint density at radius 2 is 1.69 bits per heavy atom. The maximum Gasteiger partial charge on any atom is 0.272 e. The molecule has 256 valence electrons. The molecule has 3 fully saturated rings. The Labute approximate surface area is 282 Å². The van der Waals surface area contributed by atoms with Crippen LogP contribution in [0.5, 0.6) is 0 Å². The molecule has 0 atom stereocenters. The Morgan fingerprint density at radius 3 is 2.38 bits per heavy atom. The maximum absolute atomic E-state index is 13.3. The van der Waals surface area contributed by atoms with E-state index in [1.165, 1.54) is 19.3 Å². The quantitative estimate of drug-likeness (QED) is 0.301. The summed E-state index contributed by atoms with van der Waals surface area (Å²) in [5.74, 6) is 0.218. The van der Waals surface area contributed by atoms with Gasteiger partial charge in [0.1, 0.15) is 0 Å². The van der Waals surface area contributed by atoms with Crippen LogP contribution in [-0.4, -0.2) is 101 Å². The van der Waals surface area contributed by atoms with Crippen molar-refractivity contribution < 1.29 is 19.2 Å². The number of likely N-dealkylation sites (tertiary alicyclic amines) is 2. The van der Waals surface area contributed by atoms with E-state index in [9.17, 15) is 19.2 Å². The van der Waals surface area contributed by atoms with Crippen molar-refractivity contribution in [3.8, 4) is 0 Å². The zero-order chi connectivity index (χ0) is 33.5. The summed E-state index contributed by atoms with van der Waals surface area (Å²) >= 11 is 0. The number of carbonyl (C=O) groups excluding carboxylic acids is 4. The van der Waals surface area contributed by atoms with E-state index < -0.39 is 0 Å². The van der Waals surface area contributed by atoms with Crippen LogP contribution in [0.4, 0.5) is 5.69 Å². The number of piperidine rings is 2. The van der Waals surface area contributed by atoms with E-state index >= 15 is 0 Å². The van der Waals surface area contributed by atoms with Crippen LogP contribution in [0.1, 0.15) is 92.4 Å². The van der Waals surface area contributed by atoms with Gasteiger partial charge >= 0.3 is 0 Å². The number of hydrogen-bond donors (Lipinski definition) is 2. The molecule has 0 unspecified atom stereocenters. The minimum absolute atomic E-state index is 0.106. The average molecular weight is 657 g/mol. The number of carbonyl (C=O) groups is 4. The number of benzene rings is 1. The summed E-state index contributed by atoms with van der Waals surface area (Å²) in [5.41, 5.74) is 3.14. The summed E-state index contributed by atoms with van der Waals surface area (Å²) in [5, 5.41) is 15.4. The Kier molecular flexibility index (Phi) is 11.0. The molecule has 4 amide bonds. The second-order valence-electron chi connectivity index (χ2n) is 13.5. The lowest BCUT2D eigenvalue weighted by Gasteiger charge is -2.36. The first kappa shape index (κ1) is 33.6. The van der Waals surface area contributed by atoms with Gasteiger partial charge in [-0.05, 0) is 81.9 Å². The molecule has 0 radical (unpaired) electrons. The maximum atomic E-state index is 13.3. The van der Waals surface area contributed by atoms with Crippen molar-refractivity contribution in [1.29, 1.82) is 0 Å². The van der Waals surface area contributed by atoms with E-state index in [0.29, 0.717) is 31.9 Å². The molecule has 6 rings (SSSR count). The van der Waals surface area contributed by atoms with Crippen molar-refractivity contribution in [2.75, 3.05) is 51.2 Å². The van der Waals surface area contributed by atoms with E-state index in [1.807, 2.05) is 29.2 Å². The van der Waals surface area contributed by atoms with E-state index in [4.69, 9.17) is 0 Å². The van der Waals surface area contributed by atoms with Crippen LogP contribution in [-0.2, 0) is 14.4 Å². The second-order valence-corrected chi connectivity index (χ2v) is 13.5. The van der Waals surface area contributed by atoms with Gasteiger partial charge in [-0.15, -0.1) is 5.10 Å². The highest BCUT2D eigenvalue weighted by Gasteiger charge is 2.29. The summed E-state index contributed by atoms with van der Waals surface area (Å²) in [4.78, 5) is 55.4. The van der Waals surface area contributed by atoms with Crippen molar-refractivity contribution in [3.05, 3.63) is 54.0 Å². The van der Waals surface area contributed by atoms with Gasteiger partial charge in [-0.1, -0.05) is 25.3 Å². The smallest absolute Gasteiger partial charge is 0.272 e. The molecule has 48 heavy (non-hydrogen) atoms. The first-order valence-electron chi connectivity index (χ1n) is 17.6. The number of nitrogens with one attached hydrogen (secondary N) is 2. The second kappa shape index (κ2) is 15.7. The molecule has 2 aromatic heterocycles. The molecule has 2 saturated heterocycles. The van der Waals surface area contributed by atoms with Gasteiger partial charge in [0.15, 0.2) is 5.69 Å². The zero-order valence-corrected chi connectivity index (χ0v) is 28.0. The van der Waals surface area contributed by atoms with E-state index in [1.54, 1.807) is 18.0 Å². The summed E-state index contributed by atoms with van der Waals surface area (Å²) in [7, 11) is 1.59. The van der Waals surface area contributed by atoms with E-state index in [0.717, 1.165) is 80.3 Å². The fourth-order valence-corrected chi connectivity index (χ4v) is 7.58. The topological polar surface area (TPSA) is 133 Å². The number of aromatic nitrogens is 3. The zero-order valence-electron chi connectivity index (χ0n) is 28.0. The fourth-order valence-electron chi connectivity index (χ4n) is 7.58. The molecule has 0 spiro atoms. The van der Waals surface area contributed by atoms with Crippen LogP contribution in [0, 0.1) is 0 Å². The van der Waals surface area contributed by atoms with Gasteiger partial charge in [0.25, 0.3) is 5.91 Å². The third kappa shape index (κ3) is 7.86. The van der Waals surface area contributed by atoms with Gasteiger partial charge < -0.3 is 25.0 Å². The standard InChI is InChI=1S/C36H48N8O4/c1-37-34(46)17-22-43(25-45)32-8-5-9-33-29(32)16-23-44(33)28-14-20-42(21-15-28)35(47)24-41-18-12-26(13-19-41)30-10-11-31(40-39-30)36(48)38-27-6-3-2-4-7-27/h5,8-11,16,23,25-28H,2-4,6-7,12-15,17-22,24H2,1H3,(H,37,46)(H,38,48). The number of nitrogens with zero attached hydrogens (tertiary/aromatic N) is 6. The Hall–Kier alpha value is -4.32. The van der Waals surface area contributed by atoms with Crippen LogP contribution in [0.15, 0.2) is 42.6 Å². The number of anilines is 1. The summed E-state index contributed by atoms with van der Waals surface area (Å²) < 4.78 is 2.27. The number of hydrogen-bond acceptors (Lipinski definition) is 7. The summed E-state index contributed by atoms with van der Waals surface area (Å²) in [6.07, 6.45) is 12.3. The molecule has 2 aliphatic heterocycles. The predicted molar refractivity (Wildman–Crippen MR) is 184 cm³/mol. The van der Waals surface area contributed by atoms with Crippen molar-refractivity contribution in [1.82, 2.24) is 35.2 Å². The average Bonchev–Trinajstić information content (AvgIpc) is 3.57.